The molecule has 5 heteroatoms. The number of hydrogen-bond acceptors (Lipinski definition) is 4. The van der Waals surface area contributed by atoms with Crippen LogP contribution in [0.15, 0.2) is 24.3 Å². The van der Waals surface area contributed by atoms with Gasteiger partial charge in [0, 0.05) is 24.7 Å². The van der Waals surface area contributed by atoms with Crippen LogP contribution in [-0.4, -0.2) is 52.9 Å². The molecule has 0 spiro atoms. The van der Waals surface area contributed by atoms with E-state index in [-0.39, 0.29) is 5.91 Å². The molecule has 0 N–H and O–H groups in total. The van der Waals surface area contributed by atoms with Crippen LogP contribution in [0, 0.1) is 13.8 Å². The quantitative estimate of drug-likeness (QED) is 0.782. The van der Waals surface area contributed by atoms with Gasteiger partial charge in [0.05, 0.1) is 5.69 Å². The van der Waals surface area contributed by atoms with Gasteiger partial charge in [0.25, 0.3) is 5.91 Å². The Balaban J connectivity index is 1.44. The van der Waals surface area contributed by atoms with E-state index >= 15 is 0 Å². The molecule has 144 valence electrons. The van der Waals surface area contributed by atoms with Crippen molar-refractivity contribution in [1.29, 1.82) is 0 Å². The van der Waals surface area contributed by atoms with E-state index in [2.05, 4.69) is 24.0 Å². The van der Waals surface area contributed by atoms with Gasteiger partial charge in [-0.15, -0.1) is 11.3 Å². The van der Waals surface area contributed by atoms with Crippen molar-refractivity contribution in [2.45, 2.75) is 52.0 Å². The lowest BCUT2D eigenvalue weighted by atomic mass is 10.00. The Bertz CT molecular complexity index is 802. The van der Waals surface area contributed by atoms with Crippen molar-refractivity contribution in [2.75, 3.05) is 26.2 Å². The summed E-state index contributed by atoms with van der Waals surface area (Å²) < 4.78 is 0. The first kappa shape index (κ1) is 18.6. The average molecular weight is 384 g/mol. The summed E-state index contributed by atoms with van der Waals surface area (Å²) in [7, 11) is 0. The molecule has 2 aliphatic rings. The molecule has 2 aliphatic heterocycles. The van der Waals surface area contributed by atoms with Gasteiger partial charge in [-0.1, -0.05) is 30.7 Å². The number of carbonyl (C=O) groups excluding carboxylic acids is 1. The molecule has 4 rings (SSSR count). The second-order valence-electron chi connectivity index (χ2n) is 7.87. The van der Waals surface area contributed by atoms with Crippen molar-refractivity contribution in [3.63, 3.8) is 0 Å². The number of rotatable bonds is 3. The summed E-state index contributed by atoms with van der Waals surface area (Å²) in [6.45, 7) is 8.29. The number of amides is 1. The number of aryl methyl sites for hydroxylation is 2. The normalized spacial score (nSPS) is 19.4. The van der Waals surface area contributed by atoms with Gasteiger partial charge in [0.1, 0.15) is 9.88 Å². The highest BCUT2D eigenvalue weighted by Crippen LogP contribution is 2.31. The Kier molecular flexibility index (Phi) is 5.60. The van der Waals surface area contributed by atoms with E-state index in [4.69, 9.17) is 4.98 Å². The van der Waals surface area contributed by atoms with Crippen LogP contribution < -0.4 is 0 Å². The fourth-order valence-electron chi connectivity index (χ4n) is 4.38. The van der Waals surface area contributed by atoms with Crippen molar-refractivity contribution in [1.82, 2.24) is 14.8 Å². The zero-order valence-corrected chi connectivity index (χ0v) is 17.2. The molecule has 0 bridgehead atoms. The number of thiazole rings is 1. The first-order chi connectivity index (χ1) is 13.1. The lowest BCUT2D eigenvalue weighted by molar-refractivity contribution is 0.0593. The van der Waals surface area contributed by atoms with Crippen LogP contribution in [-0.2, 0) is 0 Å². The minimum Gasteiger partial charge on any atom is -0.338 e. The summed E-state index contributed by atoms with van der Waals surface area (Å²) in [5.74, 6) is 0.168. The molecule has 2 fully saturated rings. The van der Waals surface area contributed by atoms with Crippen molar-refractivity contribution < 1.29 is 4.79 Å². The maximum absolute atomic E-state index is 13.1. The van der Waals surface area contributed by atoms with Gasteiger partial charge in [-0.3, -0.25) is 4.79 Å². The van der Waals surface area contributed by atoms with E-state index in [0.29, 0.717) is 6.04 Å². The van der Waals surface area contributed by atoms with Crippen LogP contribution in [0.4, 0.5) is 0 Å². The molecule has 0 radical (unpaired) electrons. The SMILES string of the molecule is Cc1ccccc1-c1nc(C)c(C(=O)N2CCC(N3CCCCC3)CC2)s1. The van der Waals surface area contributed by atoms with Gasteiger partial charge in [-0.2, -0.15) is 0 Å². The number of likely N-dealkylation sites (tertiary alicyclic amines) is 2. The Morgan fingerprint density at radius 2 is 1.74 bits per heavy atom. The molecule has 1 aromatic heterocycles. The molecule has 3 heterocycles. The lowest BCUT2D eigenvalue weighted by Crippen LogP contribution is -2.48. The van der Waals surface area contributed by atoms with Crippen LogP contribution in [0.3, 0.4) is 0 Å². The molecule has 27 heavy (non-hydrogen) atoms. The Hall–Kier alpha value is -1.72. The van der Waals surface area contributed by atoms with E-state index in [1.54, 1.807) is 11.3 Å². The minimum absolute atomic E-state index is 0.168. The molecule has 2 aromatic rings. The van der Waals surface area contributed by atoms with Crippen LogP contribution in [0.2, 0.25) is 0 Å². The van der Waals surface area contributed by atoms with Crippen molar-refractivity contribution in [3.8, 4) is 10.6 Å². The largest absolute Gasteiger partial charge is 0.338 e. The van der Waals surface area contributed by atoms with Crippen LogP contribution in [0.1, 0.15) is 53.0 Å². The van der Waals surface area contributed by atoms with Gasteiger partial charge in [-0.25, -0.2) is 4.98 Å². The highest BCUT2D eigenvalue weighted by Gasteiger charge is 2.29. The molecule has 4 nitrogen and oxygen atoms in total. The van der Waals surface area contributed by atoms with Gasteiger partial charge >= 0.3 is 0 Å². The predicted molar refractivity (Wildman–Crippen MR) is 111 cm³/mol. The van der Waals surface area contributed by atoms with Gasteiger partial charge in [0.15, 0.2) is 0 Å². The average Bonchev–Trinajstić information content (AvgIpc) is 3.10. The molecular formula is C22H29N3OS. The van der Waals surface area contributed by atoms with E-state index in [0.717, 1.165) is 47.1 Å². The number of carbonyl (C=O) groups is 1. The summed E-state index contributed by atoms with van der Waals surface area (Å²) >= 11 is 1.54. The molecule has 0 saturated carbocycles. The molecule has 2 saturated heterocycles. The number of piperidine rings is 2. The minimum atomic E-state index is 0.168. The van der Waals surface area contributed by atoms with Crippen molar-refractivity contribution >= 4 is 17.2 Å². The standard InChI is InChI=1S/C22H29N3OS/c1-16-8-4-5-9-19(16)21-23-17(2)20(27-21)22(26)25-14-10-18(11-15-25)24-12-6-3-7-13-24/h4-5,8-9,18H,3,6-7,10-15H2,1-2H3. The van der Waals surface area contributed by atoms with E-state index in [1.807, 2.05) is 24.0 Å². The topological polar surface area (TPSA) is 36.4 Å². The third-order valence-corrected chi connectivity index (χ3v) is 7.20. The van der Waals surface area contributed by atoms with Gasteiger partial charge in [0.2, 0.25) is 0 Å². The number of hydrogen-bond donors (Lipinski definition) is 0. The maximum atomic E-state index is 13.1. The fraction of sp³-hybridized carbons (Fsp3) is 0.545. The van der Waals surface area contributed by atoms with Crippen molar-refractivity contribution in [2.24, 2.45) is 0 Å². The van der Waals surface area contributed by atoms with E-state index < -0.39 is 0 Å². The first-order valence-corrected chi connectivity index (χ1v) is 11.0. The second-order valence-corrected chi connectivity index (χ2v) is 8.87. The summed E-state index contributed by atoms with van der Waals surface area (Å²) in [6, 6.07) is 8.92. The Morgan fingerprint density at radius 1 is 1.04 bits per heavy atom. The molecule has 1 amide bonds. The third-order valence-electron chi connectivity index (χ3n) is 6.03. The number of benzene rings is 1. The van der Waals surface area contributed by atoms with Crippen LogP contribution >= 0.6 is 11.3 Å². The zero-order valence-electron chi connectivity index (χ0n) is 16.4. The highest BCUT2D eigenvalue weighted by atomic mass is 32.1. The summed E-state index contributed by atoms with van der Waals surface area (Å²) in [5.41, 5.74) is 3.20. The molecule has 0 unspecified atom stereocenters. The number of aromatic nitrogens is 1. The van der Waals surface area contributed by atoms with Crippen LogP contribution in [0.25, 0.3) is 10.6 Å². The summed E-state index contributed by atoms with van der Waals surface area (Å²) in [5, 5.41) is 0.956. The monoisotopic (exact) mass is 383 g/mol. The predicted octanol–water partition coefficient (Wildman–Crippen LogP) is 4.52. The second kappa shape index (κ2) is 8.11. The smallest absolute Gasteiger partial charge is 0.265 e. The Morgan fingerprint density at radius 3 is 2.44 bits per heavy atom. The molecule has 1 aromatic carbocycles. The highest BCUT2D eigenvalue weighted by molar-refractivity contribution is 7.17. The lowest BCUT2D eigenvalue weighted by Gasteiger charge is -2.40. The molecule has 0 aliphatic carbocycles. The molecule has 0 atom stereocenters. The Labute approximate surface area is 166 Å². The summed E-state index contributed by atoms with van der Waals surface area (Å²) in [6.07, 6.45) is 6.26. The number of nitrogens with zero attached hydrogens (tertiary/aromatic N) is 3. The van der Waals surface area contributed by atoms with Gasteiger partial charge in [-0.05, 0) is 58.2 Å². The van der Waals surface area contributed by atoms with Crippen LogP contribution in [0.5, 0.6) is 0 Å². The molecular weight excluding hydrogens is 354 g/mol. The van der Waals surface area contributed by atoms with Gasteiger partial charge < -0.3 is 9.80 Å². The first-order valence-electron chi connectivity index (χ1n) is 10.2. The fourth-order valence-corrected chi connectivity index (χ4v) is 5.51. The zero-order chi connectivity index (χ0) is 18.8. The summed E-state index contributed by atoms with van der Waals surface area (Å²) in [4.78, 5) is 23.3. The maximum Gasteiger partial charge on any atom is 0.265 e. The third kappa shape index (κ3) is 3.94. The van der Waals surface area contributed by atoms with E-state index in [1.165, 1.54) is 37.9 Å². The van der Waals surface area contributed by atoms with Crippen molar-refractivity contribution in [3.05, 3.63) is 40.4 Å². The van der Waals surface area contributed by atoms with E-state index in [9.17, 15) is 4.79 Å².